The molecule has 0 aliphatic carbocycles. The summed E-state index contributed by atoms with van der Waals surface area (Å²) >= 11 is 0. The molecule has 0 aliphatic rings. The monoisotopic (exact) mass is 308 g/mol. The van der Waals surface area contributed by atoms with Crippen molar-refractivity contribution in [2.24, 2.45) is 0 Å². The van der Waals surface area contributed by atoms with Crippen molar-refractivity contribution in [3.8, 4) is 11.8 Å². The van der Waals surface area contributed by atoms with E-state index in [9.17, 15) is 9.50 Å². The maximum Gasteiger partial charge on any atom is 0.131 e. The van der Waals surface area contributed by atoms with Gasteiger partial charge in [0, 0.05) is 24.0 Å². The Morgan fingerprint density at radius 2 is 2.00 bits per heavy atom. The molecule has 0 fully saturated rings. The maximum atomic E-state index is 14.0. The van der Waals surface area contributed by atoms with Crippen LogP contribution in [0.1, 0.15) is 11.1 Å². The van der Waals surface area contributed by atoms with Crippen LogP contribution in [-0.2, 0) is 6.54 Å². The number of halogens is 1. The predicted octanol–water partition coefficient (Wildman–Crippen LogP) is 3.07. The second-order valence-electron chi connectivity index (χ2n) is 4.93. The van der Waals surface area contributed by atoms with Crippen LogP contribution in [-0.4, -0.2) is 14.8 Å². The van der Waals surface area contributed by atoms with Crippen molar-refractivity contribution in [2.45, 2.75) is 6.54 Å². The minimum atomic E-state index is -0.483. The first-order valence-corrected chi connectivity index (χ1v) is 6.91. The summed E-state index contributed by atoms with van der Waals surface area (Å²) in [6, 6.07) is 13.1. The fourth-order valence-corrected chi connectivity index (χ4v) is 2.24. The summed E-state index contributed by atoms with van der Waals surface area (Å²) < 4.78 is 15.8. The van der Waals surface area contributed by atoms with E-state index in [1.807, 2.05) is 5.01 Å². The van der Waals surface area contributed by atoms with Gasteiger partial charge in [-0.05, 0) is 30.3 Å². The van der Waals surface area contributed by atoms with Crippen LogP contribution in [0, 0.1) is 17.1 Å². The molecule has 3 aromatic rings. The zero-order valence-corrected chi connectivity index (χ0v) is 12.1. The highest BCUT2D eigenvalue weighted by Crippen LogP contribution is 2.22. The van der Waals surface area contributed by atoms with Gasteiger partial charge < -0.3 is 5.11 Å². The number of nitrogens with zero attached hydrogens (tertiary/aromatic N) is 4. The van der Waals surface area contributed by atoms with Gasteiger partial charge in [0.15, 0.2) is 0 Å². The van der Waals surface area contributed by atoms with Gasteiger partial charge in [-0.15, -0.1) is 0 Å². The topological polar surface area (TPSA) is 65.1 Å². The molecule has 0 unspecified atom stereocenters. The third-order valence-electron chi connectivity index (χ3n) is 3.42. The minimum Gasteiger partial charge on any atom is -0.508 e. The molecule has 0 spiro atoms. The Kier molecular flexibility index (Phi) is 3.93. The first-order valence-electron chi connectivity index (χ1n) is 6.91. The molecule has 2 aromatic carbocycles. The predicted molar refractivity (Wildman–Crippen MR) is 83.0 cm³/mol. The van der Waals surface area contributed by atoms with Gasteiger partial charge in [-0.2, -0.15) is 5.26 Å². The molecule has 1 aromatic heterocycles. The van der Waals surface area contributed by atoms with Crippen molar-refractivity contribution in [3.05, 3.63) is 78.1 Å². The van der Waals surface area contributed by atoms with E-state index in [1.54, 1.807) is 47.7 Å². The van der Waals surface area contributed by atoms with Gasteiger partial charge in [0.2, 0.25) is 0 Å². The lowest BCUT2D eigenvalue weighted by molar-refractivity contribution is 0.467. The Morgan fingerprint density at radius 1 is 1.22 bits per heavy atom. The van der Waals surface area contributed by atoms with Gasteiger partial charge in [-0.1, -0.05) is 6.07 Å². The molecule has 0 bridgehead atoms. The van der Waals surface area contributed by atoms with E-state index >= 15 is 0 Å². The van der Waals surface area contributed by atoms with Crippen LogP contribution in [0.15, 0.2) is 61.2 Å². The molecule has 5 nitrogen and oxygen atoms in total. The summed E-state index contributed by atoms with van der Waals surface area (Å²) in [5, 5.41) is 20.0. The Bertz CT molecular complexity index is 838. The summed E-state index contributed by atoms with van der Waals surface area (Å²) in [6.07, 6.45) is 4.98. The van der Waals surface area contributed by atoms with Gasteiger partial charge in [0.25, 0.3) is 0 Å². The number of aromatic hydroxyl groups is 1. The first-order chi connectivity index (χ1) is 11.2. The SMILES string of the molecule is N#Cc1ccc(N(Cc2ccc(O)cc2F)n2ccnc2)cc1. The molecule has 1 heterocycles. The number of hydrogen-bond acceptors (Lipinski definition) is 4. The fraction of sp³-hybridized carbons (Fsp3) is 0.0588. The summed E-state index contributed by atoms with van der Waals surface area (Å²) in [5.74, 6) is -0.595. The number of benzene rings is 2. The molecule has 0 radical (unpaired) electrons. The molecule has 1 N–H and O–H groups in total. The Morgan fingerprint density at radius 3 is 2.61 bits per heavy atom. The average molecular weight is 308 g/mol. The van der Waals surface area contributed by atoms with Crippen LogP contribution in [0.5, 0.6) is 5.75 Å². The quantitative estimate of drug-likeness (QED) is 0.804. The highest BCUT2D eigenvalue weighted by atomic mass is 19.1. The highest BCUT2D eigenvalue weighted by molar-refractivity contribution is 5.50. The number of phenolic OH excluding ortho intramolecular Hbond substituents is 1. The Balaban J connectivity index is 1.97. The van der Waals surface area contributed by atoms with E-state index in [1.165, 1.54) is 12.1 Å². The summed E-state index contributed by atoms with van der Waals surface area (Å²) in [4.78, 5) is 4.02. The van der Waals surface area contributed by atoms with Crippen molar-refractivity contribution in [2.75, 3.05) is 5.01 Å². The van der Waals surface area contributed by atoms with Gasteiger partial charge in [0.1, 0.15) is 17.9 Å². The van der Waals surface area contributed by atoms with Crippen molar-refractivity contribution in [1.82, 2.24) is 9.66 Å². The number of aromatic nitrogens is 2. The lowest BCUT2D eigenvalue weighted by atomic mass is 10.1. The number of imidazole rings is 1. The molecular formula is C17H13FN4O. The van der Waals surface area contributed by atoms with E-state index in [-0.39, 0.29) is 12.3 Å². The van der Waals surface area contributed by atoms with Crippen molar-refractivity contribution >= 4 is 5.69 Å². The standard InChI is InChI=1S/C17H13FN4O/c18-17-9-16(23)6-3-14(17)11-22(21-8-7-20-12-21)15-4-1-13(10-19)2-5-15/h1-9,12,23H,11H2. The van der Waals surface area contributed by atoms with Crippen LogP contribution in [0.4, 0.5) is 10.1 Å². The lowest BCUT2D eigenvalue weighted by Crippen LogP contribution is -2.28. The number of hydrogen-bond donors (Lipinski definition) is 1. The van der Waals surface area contributed by atoms with Crippen LogP contribution < -0.4 is 5.01 Å². The minimum absolute atomic E-state index is 0.112. The number of nitriles is 1. The van der Waals surface area contributed by atoms with E-state index in [2.05, 4.69) is 11.1 Å². The zero-order valence-electron chi connectivity index (χ0n) is 12.1. The normalized spacial score (nSPS) is 10.3. The van der Waals surface area contributed by atoms with E-state index in [0.29, 0.717) is 11.1 Å². The smallest absolute Gasteiger partial charge is 0.131 e. The lowest BCUT2D eigenvalue weighted by Gasteiger charge is -2.26. The van der Waals surface area contributed by atoms with Crippen LogP contribution in [0.25, 0.3) is 0 Å². The second kappa shape index (κ2) is 6.20. The molecule has 114 valence electrons. The second-order valence-corrected chi connectivity index (χ2v) is 4.93. The van der Waals surface area contributed by atoms with Gasteiger partial charge in [-0.3, -0.25) is 5.01 Å². The summed E-state index contributed by atoms with van der Waals surface area (Å²) in [5.41, 5.74) is 1.77. The molecule has 0 aliphatic heterocycles. The Hall–Kier alpha value is -3.33. The van der Waals surface area contributed by atoms with E-state index in [0.717, 1.165) is 11.8 Å². The largest absolute Gasteiger partial charge is 0.508 e. The molecule has 0 saturated carbocycles. The zero-order chi connectivity index (χ0) is 16.2. The van der Waals surface area contributed by atoms with Crippen LogP contribution in [0.2, 0.25) is 0 Å². The molecular weight excluding hydrogens is 295 g/mol. The summed E-state index contributed by atoms with van der Waals surface area (Å²) in [7, 11) is 0. The molecule has 6 heteroatoms. The fourth-order valence-electron chi connectivity index (χ4n) is 2.24. The average Bonchev–Trinajstić information content (AvgIpc) is 3.08. The number of phenols is 1. The van der Waals surface area contributed by atoms with Crippen molar-refractivity contribution < 1.29 is 9.50 Å². The third-order valence-corrected chi connectivity index (χ3v) is 3.42. The molecule has 0 amide bonds. The molecule has 0 saturated heterocycles. The van der Waals surface area contributed by atoms with Crippen LogP contribution in [0.3, 0.4) is 0 Å². The first kappa shape index (κ1) is 14.6. The van der Waals surface area contributed by atoms with Crippen molar-refractivity contribution in [1.29, 1.82) is 5.26 Å². The molecule has 3 rings (SSSR count). The molecule has 0 atom stereocenters. The Labute approximate surface area is 132 Å². The van der Waals surface area contributed by atoms with Crippen LogP contribution >= 0.6 is 0 Å². The van der Waals surface area contributed by atoms with Gasteiger partial charge in [0.05, 0.1) is 23.9 Å². The van der Waals surface area contributed by atoms with E-state index < -0.39 is 5.82 Å². The number of rotatable bonds is 4. The number of anilines is 1. The van der Waals surface area contributed by atoms with Gasteiger partial charge in [-0.25, -0.2) is 14.1 Å². The van der Waals surface area contributed by atoms with E-state index in [4.69, 9.17) is 5.26 Å². The third kappa shape index (κ3) is 3.14. The van der Waals surface area contributed by atoms with Gasteiger partial charge >= 0.3 is 0 Å². The van der Waals surface area contributed by atoms with Crippen molar-refractivity contribution in [3.63, 3.8) is 0 Å². The maximum absolute atomic E-state index is 14.0. The molecule has 23 heavy (non-hydrogen) atoms. The summed E-state index contributed by atoms with van der Waals surface area (Å²) in [6.45, 7) is 0.244. The highest BCUT2D eigenvalue weighted by Gasteiger charge is 2.13.